The maximum absolute atomic E-state index is 6.88. The van der Waals surface area contributed by atoms with Crippen molar-refractivity contribution in [2.24, 2.45) is 4.99 Å². The highest BCUT2D eigenvalue weighted by atomic mass is 16.3. The molecule has 12 rings (SSSR count). The van der Waals surface area contributed by atoms with Crippen LogP contribution >= 0.6 is 0 Å². The zero-order valence-corrected chi connectivity index (χ0v) is 31.8. The van der Waals surface area contributed by atoms with E-state index in [9.17, 15) is 0 Å². The van der Waals surface area contributed by atoms with E-state index in [1.807, 2.05) is 18.2 Å². The molecule has 5 nitrogen and oxygen atoms in total. The first-order valence-corrected chi connectivity index (χ1v) is 20.0. The molecule has 0 bridgehead atoms. The lowest BCUT2D eigenvalue weighted by Gasteiger charge is -2.28. The first-order chi connectivity index (χ1) is 29.2. The summed E-state index contributed by atoms with van der Waals surface area (Å²) in [5.41, 5.74) is 13.0. The fourth-order valence-electron chi connectivity index (χ4n) is 8.89. The highest BCUT2D eigenvalue weighted by Gasteiger charge is 2.26. The summed E-state index contributed by atoms with van der Waals surface area (Å²) in [4.78, 5) is 7.64. The van der Waals surface area contributed by atoms with Gasteiger partial charge in [0.2, 0.25) is 0 Å². The van der Waals surface area contributed by atoms with Crippen molar-refractivity contribution in [2.45, 2.75) is 6.04 Å². The van der Waals surface area contributed by atoms with Crippen LogP contribution in [0.3, 0.4) is 0 Å². The Balaban J connectivity index is 1.04. The minimum atomic E-state index is -0.0102. The van der Waals surface area contributed by atoms with Crippen molar-refractivity contribution >= 4 is 83.2 Å². The number of furan rings is 2. The molecule has 0 saturated carbocycles. The van der Waals surface area contributed by atoms with E-state index in [1.165, 1.54) is 0 Å². The van der Waals surface area contributed by atoms with Gasteiger partial charge in [0.25, 0.3) is 0 Å². The molecule has 1 unspecified atom stereocenters. The molecule has 1 aliphatic heterocycles. The molecular weight excluding hydrogens is 723 g/mol. The molecule has 8 aromatic carbocycles. The Morgan fingerprint density at radius 3 is 2.08 bits per heavy atom. The summed E-state index contributed by atoms with van der Waals surface area (Å²) in [7, 11) is 0. The summed E-state index contributed by atoms with van der Waals surface area (Å²) in [6.07, 6.45) is 8.54. The molecule has 0 amide bonds. The van der Waals surface area contributed by atoms with Crippen LogP contribution in [0.4, 0.5) is 17.1 Å². The van der Waals surface area contributed by atoms with Crippen molar-refractivity contribution in [3.05, 3.63) is 217 Å². The molecule has 10 aromatic rings. The van der Waals surface area contributed by atoms with E-state index in [-0.39, 0.29) is 6.04 Å². The van der Waals surface area contributed by atoms with Gasteiger partial charge in [0.05, 0.1) is 11.7 Å². The van der Waals surface area contributed by atoms with Crippen molar-refractivity contribution in [3.8, 4) is 11.1 Å². The zero-order chi connectivity index (χ0) is 38.9. The van der Waals surface area contributed by atoms with Gasteiger partial charge in [-0.25, -0.2) is 4.99 Å². The van der Waals surface area contributed by atoms with Crippen molar-refractivity contribution in [1.82, 2.24) is 5.32 Å². The molecular formula is C54H35N3O2. The van der Waals surface area contributed by atoms with Crippen LogP contribution in [-0.2, 0) is 0 Å². The van der Waals surface area contributed by atoms with E-state index in [2.05, 4.69) is 192 Å². The fourth-order valence-corrected chi connectivity index (χ4v) is 8.89. The number of nitrogens with zero attached hydrogens (tertiary/aromatic N) is 2. The molecule has 59 heavy (non-hydrogen) atoms. The Bertz CT molecular complexity index is 3410. The molecule has 278 valence electrons. The van der Waals surface area contributed by atoms with E-state index >= 15 is 0 Å². The minimum absolute atomic E-state index is 0.0102. The molecule has 2 aliphatic rings. The van der Waals surface area contributed by atoms with Gasteiger partial charge in [0.1, 0.15) is 28.2 Å². The average molecular weight is 758 g/mol. The molecule has 3 heterocycles. The lowest BCUT2D eigenvalue weighted by Crippen LogP contribution is -2.39. The number of benzene rings is 8. The van der Waals surface area contributed by atoms with Crippen LogP contribution in [0.25, 0.3) is 71.5 Å². The first kappa shape index (κ1) is 33.3. The van der Waals surface area contributed by atoms with Gasteiger partial charge in [-0.05, 0) is 83.2 Å². The number of nitrogens with one attached hydrogen (secondary N) is 1. The second-order valence-electron chi connectivity index (χ2n) is 15.2. The third-order valence-corrected chi connectivity index (χ3v) is 11.7. The summed E-state index contributed by atoms with van der Waals surface area (Å²) in [5.74, 6) is 0.806. The molecule has 1 atom stereocenters. The Hall–Kier alpha value is -7.89. The normalized spacial score (nSPS) is 15.0. The molecule has 0 spiro atoms. The summed E-state index contributed by atoms with van der Waals surface area (Å²) < 4.78 is 13.1. The molecule has 2 aromatic heterocycles. The van der Waals surface area contributed by atoms with Crippen LogP contribution in [0, 0.1) is 0 Å². The predicted octanol–water partition coefficient (Wildman–Crippen LogP) is 14.0. The molecule has 1 N–H and O–H groups in total. The smallest absolute Gasteiger partial charge is 0.143 e. The van der Waals surface area contributed by atoms with E-state index in [1.54, 1.807) is 0 Å². The number of hydrogen-bond donors (Lipinski definition) is 1. The number of fused-ring (bicyclic) bond motifs is 9. The van der Waals surface area contributed by atoms with Gasteiger partial charge in [0, 0.05) is 60.7 Å². The Labute approximate surface area is 340 Å². The van der Waals surface area contributed by atoms with E-state index < -0.39 is 0 Å². The van der Waals surface area contributed by atoms with E-state index in [4.69, 9.17) is 13.8 Å². The highest BCUT2D eigenvalue weighted by Crippen LogP contribution is 2.43. The van der Waals surface area contributed by atoms with Gasteiger partial charge in [0.15, 0.2) is 0 Å². The van der Waals surface area contributed by atoms with Crippen molar-refractivity contribution < 1.29 is 8.83 Å². The Morgan fingerprint density at radius 1 is 0.492 bits per heavy atom. The topological polar surface area (TPSA) is 53.9 Å². The Morgan fingerprint density at radius 2 is 1.22 bits per heavy atom. The van der Waals surface area contributed by atoms with E-state index in [0.717, 1.165) is 111 Å². The average Bonchev–Trinajstić information content (AvgIpc) is 3.88. The number of hydrogen-bond acceptors (Lipinski definition) is 5. The van der Waals surface area contributed by atoms with Crippen LogP contribution in [-0.4, -0.2) is 11.9 Å². The highest BCUT2D eigenvalue weighted by molar-refractivity contribution is 6.21. The second kappa shape index (κ2) is 13.4. The predicted molar refractivity (Wildman–Crippen MR) is 244 cm³/mol. The van der Waals surface area contributed by atoms with E-state index in [0.29, 0.717) is 0 Å². The van der Waals surface area contributed by atoms with Crippen LogP contribution in [0.5, 0.6) is 0 Å². The minimum Gasteiger partial charge on any atom is -0.456 e. The van der Waals surface area contributed by atoms with Crippen LogP contribution < -0.4 is 10.2 Å². The molecule has 0 fully saturated rings. The van der Waals surface area contributed by atoms with Gasteiger partial charge in [-0.15, -0.1) is 0 Å². The van der Waals surface area contributed by atoms with Crippen molar-refractivity contribution in [2.75, 3.05) is 4.90 Å². The maximum atomic E-state index is 6.88. The van der Waals surface area contributed by atoms with Gasteiger partial charge in [-0.1, -0.05) is 133 Å². The number of rotatable bonds is 6. The van der Waals surface area contributed by atoms with Gasteiger partial charge >= 0.3 is 0 Å². The summed E-state index contributed by atoms with van der Waals surface area (Å²) in [6, 6.07) is 61.8. The number of para-hydroxylation sites is 2. The van der Waals surface area contributed by atoms with Crippen LogP contribution in [0.2, 0.25) is 0 Å². The molecule has 0 radical (unpaired) electrons. The summed E-state index contributed by atoms with van der Waals surface area (Å²) in [6.45, 7) is 0. The van der Waals surface area contributed by atoms with Crippen LogP contribution in [0.1, 0.15) is 11.1 Å². The number of amidine groups is 1. The molecule has 5 heteroatoms. The van der Waals surface area contributed by atoms with Gasteiger partial charge < -0.3 is 19.1 Å². The lowest BCUT2D eigenvalue weighted by molar-refractivity contribution is 0.669. The van der Waals surface area contributed by atoms with Crippen molar-refractivity contribution in [1.29, 1.82) is 0 Å². The standard InChI is InChI=1S/C54H35N3O2/c1-3-14-36(15-4-1)52-43-20-9-11-21-47(43)55-54(56-52)37-31-45(51-44-29-25-34-13-7-8-18-41(34)53(44)59-50(51)32-37)35-23-26-39(27-24-35)57(38-16-5-2-6-17-38)40-28-30-49-46(33-40)42-19-10-12-22-48(42)58-49/h1-33,47H,(H,55,56). The lowest BCUT2D eigenvalue weighted by atomic mass is 9.92. The SMILES string of the molecule is C1=CC2=C(c3ccccc3)N=C(c3cc(-c4ccc(N(c5ccccc5)c5ccc6oc7ccccc7c6c5)cc4)c4c(c3)oc3c5ccccc5ccc34)NC2C=C1. The summed E-state index contributed by atoms with van der Waals surface area (Å²) in [5, 5.41) is 10.4. The van der Waals surface area contributed by atoms with Gasteiger partial charge in [-0.2, -0.15) is 0 Å². The number of anilines is 3. The number of allylic oxidation sites excluding steroid dienone is 2. The quantitative estimate of drug-likeness (QED) is 0.184. The first-order valence-electron chi connectivity index (χ1n) is 20.0. The number of aliphatic imine (C=N–C) groups is 1. The largest absolute Gasteiger partial charge is 0.456 e. The maximum Gasteiger partial charge on any atom is 0.143 e. The van der Waals surface area contributed by atoms with Crippen molar-refractivity contribution in [3.63, 3.8) is 0 Å². The molecule has 0 saturated heterocycles. The Kier molecular flexibility index (Phi) is 7.53. The second-order valence-corrected chi connectivity index (χ2v) is 15.2. The molecule has 1 aliphatic carbocycles. The van der Waals surface area contributed by atoms with Crippen LogP contribution in [0.15, 0.2) is 220 Å². The summed E-state index contributed by atoms with van der Waals surface area (Å²) >= 11 is 0. The van der Waals surface area contributed by atoms with Gasteiger partial charge in [-0.3, -0.25) is 0 Å². The fraction of sp³-hybridized carbons (Fsp3) is 0.0185. The monoisotopic (exact) mass is 757 g/mol. The third kappa shape index (κ3) is 5.51. The third-order valence-electron chi connectivity index (χ3n) is 11.7. The zero-order valence-electron chi connectivity index (χ0n) is 31.8.